The van der Waals surface area contributed by atoms with Crippen molar-refractivity contribution in [3.8, 4) is 5.69 Å². The van der Waals surface area contributed by atoms with Gasteiger partial charge in [0, 0.05) is 24.3 Å². The molecule has 15 heavy (non-hydrogen) atoms. The van der Waals surface area contributed by atoms with Gasteiger partial charge >= 0.3 is 0 Å². The van der Waals surface area contributed by atoms with Crippen molar-refractivity contribution in [2.24, 2.45) is 5.73 Å². The van der Waals surface area contributed by atoms with E-state index in [2.05, 4.69) is 24.0 Å². The van der Waals surface area contributed by atoms with Crippen LogP contribution in [0.1, 0.15) is 18.5 Å². The van der Waals surface area contributed by atoms with Gasteiger partial charge in [-0.15, -0.1) is 0 Å². The first-order valence-corrected chi connectivity index (χ1v) is 5.10. The SMILES string of the molecule is CC(CN)c1cn(-c2ccccc2)cn1. The number of nitrogens with zero attached hydrogens (tertiary/aromatic N) is 2. The smallest absolute Gasteiger partial charge is 0.0995 e. The molecule has 0 bridgehead atoms. The van der Waals surface area contributed by atoms with E-state index in [0.29, 0.717) is 12.5 Å². The molecule has 1 aromatic heterocycles. The first-order valence-electron chi connectivity index (χ1n) is 5.10. The number of aromatic nitrogens is 2. The zero-order valence-corrected chi connectivity index (χ0v) is 8.80. The monoisotopic (exact) mass is 201 g/mol. The second-order valence-electron chi connectivity index (χ2n) is 3.68. The lowest BCUT2D eigenvalue weighted by molar-refractivity contribution is 0.750. The molecule has 0 aliphatic heterocycles. The molecular weight excluding hydrogens is 186 g/mol. The Morgan fingerprint density at radius 2 is 2.07 bits per heavy atom. The summed E-state index contributed by atoms with van der Waals surface area (Å²) in [6.45, 7) is 2.71. The van der Waals surface area contributed by atoms with Crippen molar-refractivity contribution in [3.05, 3.63) is 48.5 Å². The standard InChI is InChI=1S/C12H15N3/c1-10(7-13)12-8-15(9-14-12)11-5-3-2-4-6-11/h2-6,8-10H,7,13H2,1H3. The van der Waals surface area contributed by atoms with Crippen molar-refractivity contribution in [1.82, 2.24) is 9.55 Å². The van der Waals surface area contributed by atoms with Gasteiger partial charge in [0.1, 0.15) is 0 Å². The highest BCUT2D eigenvalue weighted by molar-refractivity contribution is 5.31. The number of para-hydroxylation sites is 1. The average molecular weight is 201 g/mol. The average Bonchev–Trinajstić information content (AvgIpc) is 2.78. The van der Waals surface area contributed by atoms with E-state index in [1.54, 1.807) is 0 Å². The van der Waals surface area contributed by atoms with Crippen LogP contribution in [-0.4, -0.2) is 16.1 Å². The zero-order chi connectivity index (χ0) is 10.7. The third kappa shape index (κ3) is 2.07. The summed E-state index contributed by atoms with van der Waals surface area (Å²) in [7, 11) is 0. The lowest BCUT2D eigenvalue weighted by Gasteiger charge is -2.03. The summed E-state index contributed by atoms with van der Waals surface area (Å²) in [4.78, 5) is 4.35. The summed E-state index contributed by atoms with van der Waals surface area (Å²) in [5, 5.41) is 0. The molecule has 0 radical (unpaired) electrons. The van der Waals surface area contributed by atoms with E-state index in [1.807, 2.05) is 35.3 Å². The molecule has 78 valence electrons. The van der Waals surface area contributed by atoms with Crippen LogP contribution in [0.15, 0.2) is 42.9 Å². The molecule has 1 unspecified atom stereocenters. The topological polar surface area (TPSA) is 43.8 Å². The van der Waals surface area contributed by atoms with E-state index in [4.69, 9.17) is 5.73 Å². The number of imidazole rings is 1. The maximum atomic E-state index is 5.60. The van der Waals surface area contributed by atoms with Crippen molar-refractivity contribution < 1.29 is 0 Å². The number of rotatable bonds is 3. The minimum Gasteiger partial charge on any atom is -0.330 e. The van der Waals surface area contributed by atoms with Crippen molar-refractivity contribution in [1.29, 1.82) is 0 Å². The number of hydrogen-bond donors (Lipinski definition) is 1. The summed E-state index contributed by atoms with van der Waals surface area (Å²) in [6.07, 6.45) is 3.86. The molecule has 3 heteroatoms. The second kappa shape index (κ2) is 4.28. The molecule has 0 spiro atoms. The van der Waals surface area contributed by atoms with Crippen LogP contribution in [0.3, 0.4) is 0 Å². The molecule has 3 nitrogen and oxygen atoms in total. The van der Waals surface area contributed by atoms with Gasteiger partial charge in [-0.05, 0) is 12.1 Å². The number of benzene rings is 1. The zero-order valence-electron chi connectivity index (χ0n) is 8.80. The molecule has 1 aromatic carbocycles. The van der Waals surface area contributed by atoms with Crippen molar-refractivity contribution >= 4 is 0 Å². The van der Waals surface area contributed by atoms with Crippen LogP contribution in [0, 0.1) is 0 Å². The van der Waals surface area contributed by atoms with E-state index < -0.39 is 0 Å². The van der Waals surface area contributed by atoms with E-state index >= 15 is 0 Å². The summed E-state index contributed by atoms with van der Waals surface area (Å²) >= 11 is 0. The first-order chi connectivity index (χ1) is 7.31. The molecule has 0 amide bonds. The minimum absolute atomic E-state index is 0.315. The quantitative estimate of drug-likeness (QED) is 0.824. The van der Waals surface area contributed by atoms with Gasteiger partial charge in [-0.25, -0.2) is 4.98 Å². The van der Waals surface area contributed by atoms with Crippen LogP contribution in [-0.2, 0) is 0 Å². The van der Waals surface area contributed by atoms with Gasteiger partial charge in [0.2, 0.25) is 0 Å². The van der Waals surface area contributed by atoms with Gasteiger partial charge in [-0.1, -0.05) is 25.1 Å². The predicted molar refractivity (Wildman–Crippen MR) is 61.0 cm³/mol. The molecule has 0 saturated heterocycles. The Labute approximate surface area is 89.6 Å². The van der Waals surface area contributed by atoms with Crippen molar-refractivity contribution in [2.45, 2.75) is 12.8 Å². The highest BCUT2D eigenvalue weighted by Gasteiger charge is 2.06. The lowest BCUT2D eigenvalue weighted by atomic mass is 10.1. The fourth-order valence-corrected chi connectivity index (χ4v) is 1.45. The number of hydrogen-bond acceptors (Lipinski definition) is 2. The Morgan fingerprint density at radius 3 is 2.73 bits per heavy atom. The van der Waals surface area contributed by atoms with Crippen LogP contribution in [0.25, 0.3) is 5.69 Å². The fraction of sp³-hybridized carbons (Fsp3) is 0.250. The van der Waals surface area contributed by atoms with E-state index in [-0.39, 0.29) is 0 Å². The molecule has 0 fully saturated rings. The van der Waals surface area contributed by atoms with Crippen molar-refractivity contribution in [3.63, 3.8) is 0 Å². The highest BCUT2D eigenvalue weighted by Crippen LogP contribution is 2.13. The molecular formula is C12H15N3. The Balaban J connectivity index is 2.28. The third-order valence-electron chi connectivity index (χ3n) is 2.52. The highest BCUT2D eigenvalue weighted by atomic mass is 15.0. The summed E-state index contributed by atoms with van der Waals surface area (Å²) in [5.41, 5.74) is 7.77. The van der Waals surface area contributed by atoms with Gasteiger partial charge in [-0.2, -0.15) is 0 Å². The van der Waals surface area contributed by atoms with Gasteiger partial charge in [-0.3, -0.25) is 0 Å². The van der Waals surface area contributed by atoms with Gasteiger partial charge in [0.15, 0.2) is 0 Å². The normalized spacial score (nSPS) is 12.7. The molecule has 0 aliphatic carbocycles. The Hall–Kier alpha value is -1.61. The Morgan fingerprint density at radius 1 is 1.33 bits per heavy atom. The fourth-order valence-electron chi connectivity index (χ4n) is 1.45. The Kier molecular flexibility index (Phi) is 2.83. The summed E-state index contributed by atoms with van der Waals surface area (Å²) in [5.74, 6) is 0.315. The van der Waals surface area contributed by atoms with Gasteiger partial charge in [0.25, 0.3) is 0 Å². The second-order valence-corrected chi connectivity index (χ2v) is 3.68. The third-order valence-corrected chi connectivity index (χ3v) is 2.52. The van der Waals surface area contributed by atoms with Crippen LogP contribution in [0.5, 0.6) is 0 Å². The molecule has 2 N–H and O–H groups in total. The van der Waals surface area contributed by atoms with Crippen LogP contribution >= 0.6 is 0 Å². The van der Waals surface area contributed by atoms with E-state index in [9.17, 15) is 0 Å². The molecule has 2 rings (SSSR count). The molecule has 1 atom stereocenters. The number of nitrogens with two attached hydrogens (primary N) is 1. The maximum absolute atomic E-state index is 5.60. The largest absolute Gasteiger partial charge is 0.330 e. The summed E-state index contributed by atoms with van der Waals surface area (Å²) < 4.78 is 2.02. The molecule has 0 aliphatic rings. The van der Waals surface area contributed by atoms with Crippen LogP contribution in [0.2, 0.25) is 0 Å². The van der Waals surface area contributed by atoms with Gasteiger partial charge in [0.05, 0.1) is 12.0 Å². The minimum atomic E-state index is 0.315. The maximum Gasteiger partial charge on any atom is 0.0995 e. The summed E-state index contributed by atoms with van der Waals surface area (Å²) in [6, 6.07) is 10.1. The van der Waals surface area contributed by atoms with E-state index in [1.165, 1.54) is 0 Å². The Bertz CT molecular complexity index is 419. The first kappa shape index (κ1) is 9.93. The van der Waals surface area contributed by atoms with Crippen LogP contribution in [0.4, 0.5) is 0 Å². The molecule has 0 saturated carbocycles. The lowest BCUT2D eigenvalue weighted by Crippen LogP contribution is -2.08. The predicted octanol–water partition coefficient (Wildman–Crippen LogP) is 1.93. The molecule has 1 heterocycles. The van der Waals surface area contributed by atoms with Crippen molar-refractivity contribution in [2.75, 3.05) is 6.54 Å². The van der Waals surface area contributed by atoms with Crippen LogP contribution < -0.4 is 5.73 Å². The van der Waals surface area contributed by atoms with Gasteiger partial charge < -0.3 is 10.3 Å². The molecule has 2 aromatic rings. The van der Waals surface area contributed by atoms with E-state index in [0.717, 1.165) is 11.4 Å².